The first-order chi connectivity index (χ1) is 19.0. The van der Waals surface area contributed by atoms with Gasteiger partial charge in [-0.1, -0.05) is 92.7 Å². The van der Waals surface area contributed by atoms with Crippen LogP contribution in [-0.4, -0.2) is 52.8 Å². The minimum absolute atomic E-state index is 0.105. The fourth-order valence-electron chi connectivity index (χ4n) is 4.80. The zero-order valence-electron chi connectivity index (χ0n) is 22.6. The average Bonchev–Trinajstić information content (AvgIpc) is 3.23. The zero-order valence-corrected chi connectivity index (χ0v) is 22.6. The molecule has 1 aliphatic rings. The van der Waals surface area contributed by atoms with Crippen molar-refractivity contribution in [2.24, 2.45) is 0 Å². The molecule has 6 nitrogen and oxygen atoms in total. The van der Waals surface area contributed by atoms with Crippen molar-refractivity contribution in [3.05, 3.63) is 119 Å². The number of carbonyl (C=O) groups is 2. The maximum absolute atomic E-state index is 13.4. The second-order valence-electron chi connectivity index (χ2n) is 9.50. The first-order valence-corrected chi connectivity index (χ1v) is 13.5. The van der Waals surface area contributed by atoms with Crippen LogP contribution in [0.4, 0.5) is 0 Å². The summed E-state index contributed by atoms with van der Waals surface area (Å²) in [5.74, 6) is -0.689. The molecular formula is C33H36N2O4. The Balaban J connectivity index is 1.57. The molecule has 0 saturated carbocycles. The molecule has 0 spiro atoms. The topological polar surface area (TPSA) is 70.1 Å². The molecule has 1 aliphatic heterocycles. The number of hydrogen-bond donors (Lipinski definition) is 1. The van der Waals surface area contributed by atoms with Gasteiger partial charge in [0.05, 0.1) is 11.6 Å². The highest BCUT2D eigenvalue weighted by Gasteiger charge is 2.42. The molecule has 4 rings (SSSR count). The van der Waals surface area contributed by atoms with Crippen LogP contribution in [0.15, 0.2) is 102 Å². The number of aliphatic hydroxyl groups excluding tert-OH is 1. The highest BCUT2D eigenvalue weighted by atomic mass is 16.5. The monoisotopic (exact) mass is 524 g/mol. The molecule has 39 heavy (non-hydrogen) atoms. The van der Waals surface area contributed by atoms with Crippen molar-refractivity contribution < 1.29 is 19.4 Å². The molecule has 1 heterocycles. The molecule has 0 fully saturated rings. The van der Waals surface area contributed by atoms with Crippen LogP contribution < -0.4 is 4.74 Å². The molecule has 0 saturated heterocycles. The Morgan fingerprint density at radius 1 is 0.949 bits per heavy atom. The SMILES string of the molecule is CCN(CC)CCCN1C(=O)C(O)=C(C(=O)C=Cc2ccccc2)C1c1ccc(OCc2ccccc2)cc1. The molecular weight excluding hydrogens is 488 g/mol. The fraction of sp³-hybridized carbons (Fsp3) is 0.273. The third kappa shape index (κ3) is 7.03. The van der Waals surface area contributed by atoms with Gasteiger partial charge in [-0.15, -0.1) is 0 Å². The first-order valence-electron chi connectivity index (χ1n) is 13.5. The van der Waals surface area contributed by atoms with E-state index in [2.05, 4.69) is 18.7 Å². The van der Waals surface area contributed by atoms with E-state index < -0.39 is 17.7 Å². The van der Waals surface area contributed by atoms with Crippen LogP contribution in [0.25, 0.3) is 6.08 Å². The Hall–Kier alpha value is -4.16. The number of rotatable bonds is 13. The number of carbonyl (C=O) groups excluding carboxylic acids is 2. The van der Waals surface area contributed by atoms with Crippen molar-refractivity contribution >= 4 is 17.8 Å². The van der Waals surface area contributed by atoms with E-state index in [0.29, 0.717) is 18.9 Å². The minimum Gasteiger partial charge on any atom is -0.503 e. The number of hydrogen-bond acceptors (Lipinski definition) is 5. The molecule has 1 amide bonds. The predicted molar refractivity (Wildman–Crippen MR) is 154 cm³/mol. The highest BCUT2D eigenvalue weighted by molar-refractivity contribution is 6.14. The van der Waals surface area contributed by atoms with Gasteiger partial charge < -0.3 is 19.6 Å². The largest absolute Gasteiger partial charge is 0.503 e. The number of nitrogens with zero attached hydrogens (tertiary/aromatic N) is 2. The molecule has 1 N–H and O–H groups in total. The van der Waals surface area contributed by atoms with Crippen LogP contribution in [0.1, 0.15) is 43.0 Å². The van der Waals surface area contributed by atoms with Gasteiger partial charge in [-0.3, -0.25) is 9.59 Å². The Morgan fingerprint density at radius 2 is 1.59 bits per heavy atom. The highest BCUT2D eigenvalue weighted by Crippen LogP contribution is 2.38. The summed E-state index contributed by atoms with van der Waals surface area (Å²) in [6.07, 6.45) is 3.86. The van der Waals surface area contributed by atoms with E-state index >= 15 is 0 Å². The quantitative estimate of drug-likeness (QED) is 0.279. The number of amides is 1. The van der Waals surface area contributed by atoms with Crippen LogP contribution in [0, 0.1) is 0 Å². The lowest BCUT2D eigenvalue weighted by molar-refractivity contribution is -0.129. The molecule has 0 aromatic heterocycles. The number of benzene rings is 3. The van der Waals surface area contributed by atoms with Gasteiger partial charge in [0.15, 0.2) is 11.5 Å². The molecule has 1 unspecified atom stereocenters. The smallest absolute Gasteiger partial charge is 0.290 e. The Labute approximate surface area is 230 Å². The van der Waals surface area contributed by atoms with Crippen molar-refractivity contribution in [3.8, 4) is 5.75 Å². The Bertz CT molecular complexity index is 1300. The van der Waals surface area contributed by atoms with E-state index in [9.17, 15) is 14.7 Å². The lowest BCUT2D eigenvalue weighted by Gasteiger charge is -2.28. The third-order valence-corrected chi connectivity index (χ3v) is 7.01. The number of ketones is 1. The van der Waals surface area contributed by atoms with Crippen molar-refractivity contribution in [1.82, 2.24) is 9.80 Å². The van der Waals surface area contributed by atoms with Gasteiger partial charge >= 0.3 is 0 Å². The summed E-state index contributed by atoms with van der Waals surface area (Å²) in [5, 5.41) is 10.9. The van der Waals surface area contributed by atoms with E-state index in [4.69, 9.17) is 4.74 Å². The standard InChI is InChI=1S/C33H36N2O4/c1-3-34(4-2)22-11-23-35-31(27-17-19-28(20-18-27)39-24-26-14-9-6-10-15-26)30(32(37)33(35)38)29(36)21-16-25-12-7-5-8-13-25/h5-10,12-21,31,37H,3-4,11,22-24H2,1-2H3. The van der Waals surface area contributed by atoms with Crippen molar-refractivity contribution in [2.45, 2.75) is 32.9 Å². The molecule has 202 valence electrons. The molecule has 0 radical (unpaired) electrons. The molecule has 6 heteroatoms. The van der Waals surface area contributed by atoms with Crippen LogP contribution in [0.2, 0.25) is 0 Å². The maximum atomic E-state index is 13.4. The van der Waals surface area contributed by atoms with E-state index in [1.807, 2.05) is 84.9 Å². The maximum Gasteiger partial charge on any atom is 0.290 e. The van der Waals surface area contributed by atoms with E-state index in [1.165, 1.54) is 6.08 Å². The third-order valence-electron chi connectivity index (χ3n) is 7.01. The Kier molecular flexibility index (Phi) is 9.70. The molecule has 0 bridgehead atoms. The summed E-state index contributed by atoms with van der Waals surface area (Å²) in [7, 11) is 0. The van der Waals surface area contributed by atoms with Crippen molar-refractivity contribution in [3.63, 3.8) is 0 Å². The van der Waals surface area contributed by atoms with Crippen LogP contribution in [0.5, 0.6) is 5.75 Å². The van der Waals surface area contributed by atoms with E-state index in [-0.39, 0.29) is 11.4 Å². The lowest BCUT2D eigenvalue weighted by Crippen LogP contribution is -2.34. The van der Waals surface area contributed by atoms with Crippen molar-refractivity contribution in [2.75, 3.05) is 26.2 Å². The second kappa shape index (κ2) is 13.6. The summed E-state index contributed by atoms with van der Waals surface area (Å²) in [6.45, 7) is 7.76. The van der Waals surface area contributed by atoms with E-state index in [0.717, 1.165) is 42.7 Å². The minimum atomic E-state index is -0.676. The van der Waals surface area contributed by atoms with Crippen LogP contribution >= 0.6 is 0 Å². The van der Waals surface area contributed by atoms with Gasteiger partial charge in [0.1, 0.15) is 12.4 Å². The Morgan fingerprint density at radius 3 is 2.23 bits per heavy atom. The summed E-state index contributed by atoms with van der Waals surface area (Å²) in [4.78, 5) is 30.5. The lowest BCUT2D eigenvalue weighted by atomic mass is 9.95. The first kappa shape index (κ1) is 27.9. The summed E-state index contributed by atoms with van der Waals surface area (Å²) >= 11 is 0. The van der Waals surface area contributed by atoms with Gasteiger partial charge in [0.2, 0.25) is 0 Å². The van der Waals surface area contributed by atoms with Crippen molar-refractivity contribution in [1.29, 1.82) is 0 Å². The van der Waals surface area contributed by atoms with Gasteiger partial charge in [-0.05, 0) is 61.0 Å². The molecule has 3 aromatic carbocycles. The summed E-state index contributed by atoms with van der Waals surface area (Å²) in [6, 6.07) is 26.1. The number of allylic oxidation sites excluding steroid dienone is 1. The van der Waals surface area contributed by atoms with Gasteiger partial charge in [0, 0.05) is 6.54 Å². The summed E-state index contributed by atoms with van der Waals surface area (Å²) in [5.41, 5.74) is 2.78. The van der Waals surface area contributed by atoms with Crippen LogP contribution in [0.3, 0.4) is 0 Å². The number of aliphatic hydroxyl groups is 1. The second-order valence-corrected chi connectivity index (χ2v) is 9.50. The molecule has 3 aromatic rings. The average molecular weight is 525 g/mol. The van der Waals surface area contributed by atoms with Gasteiger partial charge in [0.25, 0.3) is 5.91 Å². The van der Waals surface area contributed by atoms with Gasteiger partial charge in [-0.2, -0.15) is 0 Å². The van der Waals surface area contributed by atoms with Crippen LogP contribution in [-0.2, 0) is 16.2 Å². The zero-order chi connectivity index (χ0) is 27.6. The van der Waals surface area contributed by atoms with E-state index in [1.54, 1.807) is 11.0 Å². The number of ether oxygens (including phenoxy) is 1. The summed E-state index contributed by atoms with van der Waals surface area (Å²) < 4.78 is 5.93. The normalized spacial score (nSPS) is 15.5. The fourth-order valence-corrected chi connectivity index (χ4v) is 4.80. The molecule has 1 atom stereocenters. The van der Waals surface area contributed by atoms with Gasteiger partial charge in [-0.25, -0.2) is 0 Å². The predicted octanol–water partition coefficient (Wildman–Crippen LogP) is 5.98. The molecule has 0 aliphatic carbocycles.